The Labute approximate surface area is 121 Å². The van der Waals surface area contributed by atoms with E-state index in [9.17, 15) is 4.79 Å². The average Bonchev–Trinajstić information content (AvgIpc) is 2.41. The Balaban J connectivity index is 2.22. The van der Waals surface area contributed by atoms with E-state index >= 15 is 0 Å². The van der Waals surface area contributed by atoms with Crippen molar-refractivity contribution in [2.24, 2.45) is 0 Å². The maximum Gasteiger partial charge on any atom is 0.258 e. The van der Waals surface area contributed by atoms with Crippen LogP contribution in [0.15, 0.2) is 47.2 Å². The molecule has 1 heterocycles. The van der Waals surface area contributed by atoms with Gasteiger partial charge in [-0.3, -0.25) is 4.79 Å². The molecule has 19 heavy (non-hydrogen) atoms. The van der Waals surface area contributed by atoms with Crippen molar-refractivity contribution in [3.63, 3.8) is 0 Å². The van der Waals surface area contributed by atoms with Crippen LogP contribution in [0.2, 0.25) is 0 Å². The third kappa shape index (κ3) is 3.41. The molecule has 2 rings (SSSR count). The second-order valence-electron chi connectivity index (χ2n) is 4.20. The monoisotopic (exact) mass is 318 g/mol. The minimum atomic E-state index is -0.150. The van der Waals surface area contributed by atoms with E-state index in [1.54, 1.807) is 18.3 Å². The molecule has 1 aromatic carbocycles. The van der Waals surface area contributed by atoms with Gasteiger partial charge in [0.15, 0.2) is 0 Å². The standard InChI is InChI=1S/C15H15BrN2O/c1-2-6-11-7-3-4-9-13(11)18-15(19)12-8-5-10-17-14(12)16/h3-5,7-10H,2,6H2,1H3,(H,18,19). The van der Waals surface area contributed by atoms with Crippen molar-refractivity contribution >= 4 is 27.5 Å². The number of hydrogen-bond acceptors (Lipinski definition) is 2. The van der Waals surface area contributed by atoms with E-state index in [-0.39, 0.29) is 5.91 Å². The molecule has 0 radical (unpaired) electrons. The summed E-state index contributed by atoms with van der Waals surface area (Å²) in [5.74, 6) is -0.150. The van der Waals surface area contributed by atoms with Crippen LogP contribution in [0.4, 0.5) is 5.69 Å². The van der Waals surface area contributed by atoms with Gasteiger partial charge in [0, 0.05) is 11.9 Å². The highest BCUT2D eigenvalue weighted by atomic mass is 79.9. The van der Waals surface area contributed by atoms with Crippen LogP contribution in [0, 0.1) is 0 Å². The molecular weight excluding hydrogens is 304 g/mol. The van der Waals surface area contributed by atoms with Crippen molar-refractivity contribution < 1.29 is 4.79 Å². The summed E-state index contributed by atoms with van der Waals surface area (Å²) >= 11 is 3.29. The van der Waals surface area contributed by atoms with Gasteiger partial charge in [-0.25, -0.2) is 4.98 Å². The topological polar surface area (TPSA) is 42.0 Å². The lowest BCUT2D eigenvalue weighted by molar-refractivity contribution is 0.102. The zero-order chi connectivity index (χ0) is 13.7. The molecule has 1 N–H and O–H groups in total. The number of halogens is 1. The van der Waals surface area contributed by atoms with Crippen molar-refractivity contribution in [1.29, 1.82) is 0 Å². The normalized spacial score (nSPS) is 10.2. The van der Waals surface area contributed by atoms with Crippen LogP contribution in [-0.2, 0) is 6.42 Å². The molecule has 98 valence electrons. The van der Waals surface area contributed by atoms with Crippen LogP contribution in [0.3, 0.4) is 0 Å². The molecule has 0 atom stereocenters. The summed E-state index contributed by atoms with van der Waals surface area (Å²) in [7, 11) is 0. The van der Waals surface area contributed by atoms with Gasteiger partial charge >= 0.3 is 0 Å². The van der Waals surface area contributed by atoms with Gasteiger partial charge in [-0.2, -0.15) is 0 Å². The summed E-state index contributed by atoms with van der Waals surface area (Å²) < 4.78 is 0.556. The van der Waals surface area contributed by atoms with Crippen LogP contribution >= 0.6 is 15.9 Å². The van der Waals surface area contributed by atoms with Crippen molar-refractivity contribution in [2.75, 3.05) is 5.32 Å². The number of pyridine rings is 1. The Morgan fingerprint density at radius 3 is 2.79 bits per heavy atom. The number of aryl methyl sites for hydroxylation is 1. The minimum Gasteiger partial charge on any atom is -0.322 e. The third-order valence-corrected chi connectivity index (χ3v) is 3.42. The van der Waals surface area contributed by atoms with Gasteiger partial charge in [0.05, 0.1) is 5.56 Å². The van der Waals surface area contributed by atoms with Gasteiger partial charge in [-0.15, -0.1) is 0 Å². The van der Waals surface area contributed by atoms with Crippen molar-refractivity contribution in [1.82, 2.24) is 4.98 Å². The third-order valence-electron chi connectivity index (χ3n) is 2.79. The summed E-state index contributed by atoms with van der Waals surface area (Å²) in [6, 6.07) is 11.4. The number of benzene rings is 1. The number of amides is 1. The van der Waals surface area contributed by atoms with Crippen LogP contribution in [0.1, 0.15) is 29.3 Å². The number of nitrogens with one attached hydrogen (secondary N) is 1. The van der Waals surface area contributed by atoms with Gasteiger partial charge in [-0.05, 0) is 46.1 Å². The maximum atomic E-state index is 12.2. The van der Waals surface area contributed by atoms with Gasteiger partial charge in [0.1, 0.15) is 4.60 Å². The predicted octanol–water partition coefficient (Wildman–Crippen LogP) is 4.05. The lowest BCUT2D eigenvalue weighted by Gasteiger charge is -2.10. The number of aromatic nitrogens is 1. The molecule has 0 saturated carbocycles. The number of carbonyl (C=O) groups excluding carboxylic acids is 1. The molecule has 0 aliphatic carbocycles. The number of para-hydroxylation sites is 1. The molecule has 2 aromatic rings. The Bertz CT molecular complexity index is 584. The molecule has 0 fully saturated rings. The molecule has 0 bridgehead atoms. The summed E-state index contributed by atoms with van der Waals surface area (Å²) in [5.41, 5.74) is 2.55. The first-order valence-corrected chi connectivity index (χ1v) is 7.01. The molecule has 0 spiro atoms. The second kappa shape index (κ2) is 6.48. The highest BCUT2D eigenvalue weighted by molar-refractivity contribution is 9.10. The van der Waals surface area contributed by atoms with Crippen molar-refractivity contribution in [2.45, 2.75) is 19.8 Å². The van der Waals surface area contributed by atoms with E-state index in [1.165, 1.54) is 0 Å². The molecule has 1 amide bonds. The summed E-state index contributed by atoms with van der Waals surface area (Å²) in [6.45, 7) is 2.12. The second-order valence-corrected chi connectivity index (χ2v) is 4.95. The average molecular weight is 319 g/mol. The van der Waals surface area contributed by atoms with Gasteiger partial charge in [0.2, 0.25) is 0 Å². The van der Waals surface area contributed by atoms with Gasteiger partial charge in [-0.1, -0.05) is 31.5 Å². The Kier molecular flexibility index (Phi) is 4.68. The molecular formula is C15H15BrN2O. The van der Waals surface area contributed by atoms with E-state index in [4.69, 9.17) is 0 Å². The quantitative estimate of drug-likeness (QED) is 0.864. The molecule has 0 aliphatic heterocycles. The Hall–Kier alpha value is -1.68. The van der Waals surface area contributed by atoms with Crippen molar-refractivity contribution in [3.05, 3.63) is 58.3 Å². The van der Waals surface area contributed by atoms with Crippen LogP contribution in [0.25, 0.3) is 0 Å². The smallest absolute Gasteiger partial charge is 0.258 e. The van der Waals surface area contributed by atoms with E-state index in [0.717, 1.165) is 24.1 Å². The maximum absolute atomic E-state index is 12.2. The lowest BCUT2D eigenvalue weighted by Crippen LogP contribution is -2.14. The fourth-order valence-corrected chi connectivity index (χ4v) is 2.31. The summed E-state index contributed by atoms with van der Waals surface area (Å²) in [6.07, 6.45) is 3.64. The largest absolute Gasteiger partial charge is 0.322 e. The number of hydrogen-bond donors (Lipinski definition) is 1. The van der Waals surface area contributed by atoms with E-state index in [2.05, 4.69) is 33.2 Å². The van der Waals surface area contributed by atoms with Gasteiger partial charge in [0.25, 0.3) is 5.91 Å². The fraction of sp³-hybridized carbons (Fsp3) is 0.200. The number of rotatable bonds is 4. The first-order chi connectivity index (χ1) is 9.22. The highest BCUT2D eigenvalue weighted by Gasteiger charge is 2.11. The van der Waals surface area contributed by atoms with Crippen LogP contribution < -0.4 is 5.32 Å². The first kappa shape index (κ1) is 13.7. The van der Waals surface area contributed by atoms with Crippen LogP contribution in [0.5, 0.6) is 0 Å². The van der Waals surface area contributed by atoms with Crippen LogP contribution in [-0.4, -0.2) is 10.9 Å². The molecule has 1 aromatic heterocycles. The SMILES string of the molecule is CCCc1ccccc1NC(=O)c1cccnc1Br. The molecule has 0 saturated heterocycles. The summed E-state index contributed by atoms with van der Waals surface area (Å²) in [4.78, 5) is 16.3. The zero-order valence-corrected chi connectivity index (χ0v) is 12.3. The number of anilines is 1. The predicted molar refractivity (Wildman–Crippen MR) is 80.3 cm³/mol. The van der Waals surface area contributed by atoms with Gasteiger partial charge < -0.3 is 5.32 Å². The lowest BCUT2D eigenvalue weighted by atomic mass is 10.1. The Morgan fingerprint density at radius 1 is 1.26 bits per heavy atom. The molecule has 3 nitrogen and oxygen atoms in total. The van der Waals surface area contributed by atoms with E-state index in [0.29, 0.717) is 10.2 Å². The van der Waals surface area contributed by atoms with E-state index in [1.807, 2.05) is 24.3 Å². The Morgan fingerprint density at radius 2 is 2.05 bits per heavy atom. The molecule has 0 aliphatic rings. The highest BCUT2D eigenvalue weighted by Crippen LogP contribution is 2.19. The number of nitrogens with zero attached hydrogens (tertiary/aromatic N) is 1. The zero-order valence-electron chi connectivity index (χ0n) is 10.7. The van der Waals surface area contributed by atoms with Crippen molar-refractivity contribution in [3.8, 4) is 0 Å². The fourth-order valence-electron chi connectivity index (χ4n) is 1.87. The van der Waals surface area contributed by atoms with E-state index < -0.39 is 0 Å². The minimum absolute atomic E-state index is 0.150. The molecule has 4 heteroatoms. The first-order valence-electron chi connectivity index (χ1n) is 6.22. The number of carbonyl (C=O) groups is 1. The molecule has 0 unspecified atom stereocenters. The summed E-state index contributed by atoms with van der Waals surface area (Å²) in [5, 5.41) is 2.94.